The lowest BCUT2D eigenvalue weighted by Gasteiger charge is -2.21. The van der Waals surface area contributed by atoms with Crippen molar-refractivity contribution in [3.05, 3.63) is 35.4 Å². The number of carbonyl (C=O) groups excluding carboxylic acids is 1. The van der Waals surface area contributed by atoms with E-state index in [2.05, 4.69) is 12.1 Å². The van der Waals surface area contributed by atoms with E-state index in [9.17, 15) is 4.79 Å². The van der Waals surface area contributed by atoms with E-state index in [-0.39, 0.29) is 18.0 Å². The van der Waals surface area contributed by atoms with Gasteiger partial charge in [-0.25, -0.2) is 0 Å². The number of nitrogens with zero attached hydrogens (tertiary/aromatic N) is 2. The quantitative estimate of drug-likeness (QED) is 0.907. The van der Waals surface area contributed by atoms with Crippen LogP contribution in [0.3, 0.4) is 0 Å². The Kier molecular flexibility index (Phi) is 4.75. The molecule has 2 rings (SSSR count). The monoisotopic (exact) mass is 271 g/mol. The topological polar surface area (TPSA) is 70.1 Å². The molecule has 1 saturated heterocycles. The van der Waals surface area contributed by atoms with E-state index in [0.717, 1.165) is 18.4 Å². The number of nitrogens with two attached hydrogens (primary N) is 1. The molecule has 1 aliphatic heterocycles. The third-order valence-corrected chi connectivity index (χ3v) is 3.74. The summed E-state index contributed by atoms with van der Waals surface area (Å²) >= 11 is 0. The van der Waals surface area contributed by atoms with E-state index in [1.807, 2.05) is 25.1 Å². The van der Waals surface area contributed by atoms with Gasteiger partial charge in [0.05, 0.1) is 6.07 Å². The van der Waals surface area contributed by atoms with Crippen LogP contribution in [-0.2, 0) is 11.2 Å². The highest BCUT2D eigenvalue weighted by atomic mass is 16.2. The van der Waals surface area contributed by atoms with Gasteiger partial charge < -0.3 is 10.6 Å². The summed E-state index contributed by atoms with van der Waals surface area (Å²) in [6.07, 6.45) is 2.71. The van der Waals surface area contributed by atoms with Crippen molar-refractivity contribution in [2.24, 2.45) is 5.73 Å². The Labute approximate surface area is 120 Å². The molecular weight excluding hydrogens is 250 g/mol. The van der Waals surface area contributed by atoms with Crippen molar-refractivity contribution in [2.75, 3.05) is 6.54 Å². The highest BCUT2D eigenvalue weighted by molar-refractivity contribution is 5.77. The minimum Gasteiger partial charge on any atom is -0.327 e. The molecule has 0 unspecified atom stereocenters. The third kappa shape index (κ3) is 3.58. The molecule has 0 spiro atoms. The summed E-state index contributed by atoms with van der Waals surface area (Å²) < 4.78 is 0. The van der Waals surface area contributed by atoms with Gasteiger partial charge in [-0.2, -0.15) is 5.26 Å². The molecule has 0 bridgehead atoms. The van der Waals surface area contributed by atoms with E-state index in [1.54, 1.807) is 4.90 Å². The van der Waals surface area contributed by atoms with Crippen molar-refractivity contribution >= 4 is 5.91 Å². The molecule has 4 heteroatoms. The van der Waals surface area contributed by atoms with Crippen LogP contribution in [0.25, 0.3) is 0 Å². The van der Waals surface area contributed by atoms with Gasteiger partial charge in [0, 0.05) is 19.0 Å². The molecule has 1 fully saturated rings. The lowest BCUT2D eigenvalue weighted by atomic mass is 10.0. The molecule has 1 aromatic rings. The molecule has 0 aliphatic carbocycles. The predicted molar refractivity (Wildman–Crippen MR) is 77.8 cm³/mol. The van der Waals surface area contributed by atoms with E-state index < -0.39 is 0 Å². The van der Waals surface area contributed by atoms with Crippen molar-refractivity contribution in [3.63, 3.8) is 0 Å². The normalized spacial score (nSPS) is 19.6. The zero-order valence-electron chi connectivity index (χ0n) is 11.9. The molecule has 2 atom stereocenters. The molecule has 106 valence electrons. The lowest BCUT2D eigenvalue weighted by molar-refractivity contribution is -0.131. The first-order valence-corrected chi connectivity index (χ1v) is 7.10. The van der Waals surface area contributed by atoms with Gasteiger partial charge in [0.1, 0.15) is 6.04 Å². The van der Waals surface area contributed by atoms with Crippen LogP contribution in [0.5, 0.6) is 0 Å². The number of carbonyl (C=O) groups is 1. The van der Waals surface area contributed by atoms with Crippen LogP contribution in [0.15, 0.2) is 24.3 Å². The number of amides is 1. The van der Waals surface area contributed by atoms with Crippen molar-refractivity contribution in [2.45, 2.75) is 44.7 Å². The van der Waals surface area contributed by atoms with E-state index in [1.165, 1.54) is 5.56 Å². The zero-order valence-corrected chi connectivity index (χ0v) is 11.9. The van der Waals surface area contributed by atoms with Crippen molar-refractivity contribution in [1.29, 1.82) is 5.26 Å². The van der Waals surface area contributed by atoms with E-state index >= 15 is 0 Å². The van der Waals surface area contributed by atoms with Crippen molar-refractivity contribution in [3.8, 4) is 6.07 Å². The van der Waals surface area contributed by atoms with Gasteiger partial charge in [0.15, 0.2) is 0 Å². The molecule has 4 nitrogen and oxygen atoms in total. The highest BCUT2D eigenvalue weighted by Crippen LogP contribution is 2.18. The van der Waals surface area contributed by atoms with Gasteiger partial charge >= 0.3 is 0 Å². The smallest absolute Gasteiger partial charge is 0.225 e. The number of hydrogen-bond acceptors (Lipinski definition) is 3. The standard InChI is InChI=1S/C16H21N3O/c1-12-4-2-5-13(8-12)9-14(18)10-16(20)19-7-3-6-15(19)11-17/h2,4-5,8,14-15H,3,6-7,9-10,18H2,1H3/t14-,15+/m1/s1. The minimum absolute atomic E-state index is 0.00852. The largest absolute Gasteiger partial charge is 0.327 e. The second-order valence-corrected chi connectivity index (χ2v) is 5.53. The summed E-state index contributed by atoms with van der Waals surface area (Å²) in [4.78, 5) is 13.9. The van der Waals surface area contributed by atoms with Crippen LogP contribution in [0, 0.1) is 18.3 Å². The molecule has 0 aromatic heterocycles. The maximum atomic E-state index is 12.2. The Morgan fingerprint density at radius 1 is 1.60 bits per heavy atom. The SMILES string of the molecule is Cc1cccc(C[C@@H](N)CC(=O)N2CCC[C@H]2C#N)c1. The predicted octanol–water partition coefficient (Wildman–Crippen LogP) is 1.77. The van der Waals surface area contributed by atoms with Crippen LogP contribution in [-0.4, -0.2) is 29.4 Å². The number of aryl methyl sites for hydroxylation is 1. The van der Waals surface area contributed by atoms with Crippen LogP contribution >= 0.6 is 0 Å². The fourth-order valence-electron chi connectivity index (χ4n) is 2.75. The zero-order chi connectivity index (χ0) is 14.5. The van der Waals surface area contributed by atoms with Crippen molar-refractivity contribution in [1.82, 2.24) is 4.90 Å². The Balaban J connectivity index is 1.90. The Bertz CT molecular complexity index is 521. The molecule has 0 saturated carbocycles. The van der Waals surface area contributed by atoms with Crippen LogP contribution < -0.4 is 5.73 Å². The number of rotatable bonds is 4. The molecule has 1 aromatic carbocycles. The summed E-state index contributed by atoms with van der Waals surface area (Å²) in [5.74, 6) is 0.00852. The second kappa shape index (κ2) is 6.53. The van der Waals surface area contributed by atoms with Crippen LogP contribution in [0.2, 0.25) is 0 Å². The van der Waals surface area contributed by atoms with Crippen LogP contribution in [0.4, 0.5) is 0 Å². The van der Waals surface area contributed by atoms with Gasteiger partial charge in [-0.05, 0) is 31.7 Å². The summed E-state index contributed by atoms with van der Waals surface area (Å²) in [6.45, 7) is 2.73. The van der Waals surface area contributed by atoms with Gasteiger partial charge in [-0.3, -0.25) is 4.79 Å². The van der Waals surface area contributed by atoms with Gasteiger partial charge in [0.2, 0.25) is 5.91 Å². The first-order chi connectivity index (χ1) is 9.60. The minimum atomic E-state index is -0.256. The average molecular weight is 271 g/mol. The van der Waals surface area contributed by atoms with E-state index in [4.69, 9.17) is 11.0 Å². The summed E-state index contributed by atoms with van der Waals surface area (Å²) in [5.41, 5.74) is 8.44. The molecule has 1 heterocycles. The van der Waals surface area contributed by atoms with Gasteiger partial charge in [0.25, 0.3) is 0 Å². The Hall–Kier alpha value is -1.86. The Morgan fingerprint density at radius 2 is 2.40 bits per heavy atom. The maximum Gasteiger partial charge on any atom is 0.225 e. The third-order valence-electron chi connectivity index (χ3n) is 3.74. The summed E-state index contributed by atoms with van der Waals surface area (Å²) in [5, 5.41) is 9.01. The number of hydrogen-bond donors (Lipinski definition) is 1. The van der Waals surface area contributed by atoms with Gasteiger partial charge in [-0.15, -0.1) is 0 Å². The fraction of sp³-hybridized carbons (Fsp3) is 0.500. The molecule has 0 radical (unpaired) electrons. The van der Waals surface area contributed by atoms with Crippen LogP contribution in [0.1, 0.15) is 30.4 Å². The molecule has 20 heavy (non-hydrogen) atoms. The molecule has 2 N–H and O–H groups in total. The lowest BCUT2D eigenvalue weighted by Crippen LogP contribution is -2.39. The van der Waals surface area contributed by atoms with E-state index in [0.29, 0.717) is 19.4 Å². The summed E-state index contributed by atoms with van der Waals surface area (Å²) in [7, 11) is 0. The first-order valence-electron chi connectivity index (χ1n) is 7.10. The van der Waals surface area contributed by atoms with Gasteiger partial charge in [-0.1, -0.05) is 29.8 Å². The highest BCUT2D eigenvalue weighted by Gasteiger charge is 2.29. The fourth-order valence-corrected chi connectivity index (χ4v) is 2.75. The molecule has 1 amide bonds. The average Bonchev–Trinajstić information content (AvgIpc) is 2.86. The first kappa shape index (κ1) is 14.5. The Morgan fingerprint density at radius 3 is 3.10 bits per heavy atom. The maximum absolute atomic E-state index is 12.2. The molecule has 1 aliphatic rings. The summed E-state index contributed by atoms with van der Waals surface area (Å²) in [6, 6.07) is 9.92. The number of likely N-dealkylation sites (tertiary alicyclic amines) is 1. The second-order valence-electron chi connectivity index (χ2n) is 5.53. The molecular formula is C16H21N3O. The van der Waals surface area contributed by atoms with Crippen molar-refractivity contribution < 1.29 is 4.79 Å². The number of benzene rings is 1. The number of nitriles is 1.